The Balaban J connectivity index is 0.000000810. The number of nitrogens with one attached hydrogen (secondary N) is 1. The van der Waals surface area contributed by atoms with E-state index < -0.39 is 0 Å². The summed E-state index contributed by atoms with van der Waals surface area (Å²) in [5, 5.41) is 12.1. The summed E-state index contributed by atoms with van der Waals surface area (Å²) in [6.45, 7) is 3.53. The van der Waals surface area contributed by atoms with Crippen LogP contribution in [0.15, 0.2) is 0 Å². The van der Waals surface area contributed by atoms with E-state index >= 15 is 0 Å². The van der Waals surface area contributed by atoms with Gasteiger partial charge in [0.15, 0.2) is 0 Å². The second-order valence-electron chi connectivity index (χ2n) is 2.94. The molecule has 2 nitrogen and oxygen atoms in total. The van der Waals surface area contributed by atoms with E-state index in [1.54, 1.807) is 0 Å². The first-order valence-corrected chi connectivity index (χ1v) is 3.67. The molecule has 1 rings (SSSR count). The fraction of sp³-hybridized carbons (Fsp3) is 1.00. The van der Waals surface area contributed by atoms with Crippen LogP contribution < -0.4 is 5.32 Å². The molecule has 0 unspecified atom stereocenters. The van der Waals surface area contributed by atoms with E-state index in [4.69, 9.17) is 5.11 Å². The number of hydrogen-bond acceptors (Lipinski definition) is 2. The lowest BCUT2D eigenvalue weighted by molar-refractivity contribution is 0.186. The molecule has 3 heteroatoms. The van der Waals surface area contributed by atoms with Crippen molar-refractivity contribution < 1.29 is 5.11 Å². The first-order valence-electron chi connectivity index (χ1n) is 3.67. The van der Waals surface area contributed by atoms with Crippen molar-refractivity contribution >= 4 is 12.4 Å². The van der Waals surface area contributed by atoms with Crippen LogP contribution in [0, 0.1) is 5.92 Å². The summed E-state index contributed by atoms with van der Waals surface area (Å²) in [7, 11) is 0. The standard InChI is InChI=1S/C7H15NO.ClH/c1-6-2-3-7(5-9)4-8-6;/h6-9H,2-5H2,1H3;1H/t6-,7-;/m0./s1. The molecule has 0 bridgehead atoms. The van der Waals surface area contributed by atoms with Gasteiger partial charge in [0.05, 0.1) is 0 Å². The van der Waals surface area contributed by atoms with E-state index in [0.29, 0.717) is 18.6 Å². The molecule has 1 aliphatic rings. The summed E-state index contributed by atoms with van der Waals surface area (Å²) in [6.07, 6.45) is 2.40. The van der Waals surface area contributed by atoms with Crippen molar-refractivity contribution in [2.75, 3.05) is 13.2 Å². The molecule has 1 fully saturated rings. The average Bonchev–Trinajstić information content (AvgIpc) is 1.90. The number of hydrogen-bond donors (Lipinski definition) is 2. The zero-order chi connectivity index (χ0) is 6.69. The van der Waals surface area contributed by atoms with Gasteiger partial charge in [-0.05, 0) is 25.7 Å². The maximum Gasteiger partial charge on any atom is 0.0471 e. The molecule has 1 heterocycles. The van der Waals surface area contributed by atoms with Crippen LogP contribution in [-0.4, -0.2) is 24.3 Å². The van der Waals surface area contributed by atoms with E-state index in [9.17, 15) is 0 Å². The fourth-order valence-corrected chi connectivity index (χ4v) is 1.21. The highest BCUT2D eigenvalue weighted by molar-refractivity contribution is 5.85. The predicted molar refractivity (Wildman–Crippen MR) is 44.5 cm³/mol. The Labute approximate surface area is 68.4 Å². The molecule has 0 aromatic rings. The van der Waals surface area contributed by atoms with Crippen molar-refractivity contribution in [3.8, 4) is 0 Å². The molecule has 0 spiro atoms. The first-order chi connectivity index (χ1) is 4.33. The van der Waals surface area contributed by atoms with Crippen LogP contribution in [0.25, 0.3) is 0 Å². The van der Waals surface area contributed by atoms with Gasteiger partial charge in [-0.25, -0.2) is 0 Å². The number of rotatable bonds is 1. The van der Waals surface area contributed by atoms with Crippen molar-refractivity contribution in [3.63, 3.8) is 0 Å². The van der Waals surface area contributed by atoms with Crippen LogP contribution in [0.4, 0.5) is 0 Å². The maximum atomic E-state index is 8.74. The fourth-order valence-electron chi connectivity index (χ4n) is 1.21. The van der Waals surface area contributed by atoms with Crippen LogP contribution in [0.2, 0.25) is 0 Å². The van der Waals surface area contributed by atoms with Gasteiger partial charge in [-0.1, -0.05) is 0 Å². The minimum absolute atomic E-state index is 0. The number of halogens is 1. The molecule has 1 saturated heterocycles. The van der Waals surface area contributed by atoms with Crippen molar-refractivity contribution in [1.29, 1.82) is 0 Å². The van der Waals surface area contributed by atoms with Crippen molar-refractivity contribution in [2.45, 2.75) is 25.8 Å². The third-order valence-electron chi connectivity index (χ3n) is 2.02. The minimum atomic E-state index is 0. The molecule has 1 aliphatic heterocycles. The van der Waals surface area contributed by atoms with Gasteiger partial charge in [-0.2, -0.15) is 0 Å². The van der Waals surface area contributed by atoms with Crippen LogP contribution in [0.3, 0.4) is 0 Å². The number of aliphatic hydroxyl groups is 1. The zero-order valence-corrected chi connectivity index (χ0v) is 7.16. The molecular weight excluding hydrogens is 150 g/mol. The van der Waals surface area contributed by atoms with E-state index in [2.05, 4.69) is 12.2 Å². The molecular formula is C7H16ClNO. The van der Waals surface area contributed by atoms with E-state index in [-0.39, 0.29) is 12.4 Å². The predicted octanol–water partition coefficient (Wildman–Crippen LogP) is 0.789. The Kier molecular flexibility index (Phi) is 5.04. The lowest BCUT2D eigenvalue weighted by Crippen LogP contribution is -2.38. The van der Waals surface area contributed by atoms with Gasteiger partial charge in [0.25, 0.3) is 0 Å². The average molecular weight is 166 g/mol. The zero-order valence-electron chi connectivity index (χ0n) is 6.34. The van der Waals surface area contributed by atoms with Gasteiger partial charge in [0.1, 0.15) is 0 Å². The minimum Gasteiger partial charge on any atom is -0.396 e. The Morgan fingerprint density at radius 3 is 2.60 bits per heavy atom. The summed E-state index contributed by atoms with van der Waals surface area (Å²) < 4.78 is 0. The quantitative estimate of drug-likeness (QED) is 0.602. The van der Waals surface area contributed by atoms with E-state index in [1.807, 2.05) is 0 Å². The van der Waals surface area contributed by atoms with Crippen molar-refractivity contribution in [3.05, 3.63) is 0 Å². The van der Waals surface area contributed by atoms with E-state index in [0.717, 1.165) is 6.54 Å². The SMILES string of the molecule is C[C@H]1CC[C@H](CO)CN1.Cl. The van der Waals surface area contributed by atoms with Crippen LogP contribution in [0.1, 0.15) is 19.8 Å². The Hall–Kier alpha value is 0.210. The Morgan fingerprint density at radius 2 is 2.20 bits per heavy atom. The summed E-state index contributed by atoms with van der Waals surface area (Å²) in [4.78, 5) is 0. The second-order valence-corrected chi connectivity index (χ2v) is 2.94. The second kappa shape index (κ2) is 4.94. The van der Waals surface area contributed by atoms with Gasteiger partial charge in [-0.15, -0.1) is 12.4 Å². The normalized spacial score (nSPS) is 33.0. The molecule has 62 valence electrons. The third-order valence-corrected chi connectivity index (χ3v) is 2.02. The largest absolute Gasteiger partial charge is 0.396 e. The van der Waals surface area contributed by atoms with E-state index in [1.165, 1.54) is 12.8 Å². The lowest BCUT2D eigenvalue weighted by atomic mass is 9.96. The molecule has 0 aromatic heterocycles. The molecule has 0 radical (unpaired) electrons. The molecule has 2 atom stereocenters. The van der Waals surface area contributed by atoms with Gasteiger partial charge in [0, 0.05) is 19.2 Å². The van der Waals surface area contributed by atoms with Gasteiger partial charge >= 0.3 is 0 Å². The van der Waals surface area contributed by atoms with Crippen LogP contribution in [0.5, 0.6) is 0 Å². The van der Waals surface area contributed by atoms with Gasteiger partial charge < -0.3 is 10.4 Å². The molecule has 0 amide bonds. The smallest absolute Gasteiger partial charge is 0.0471 e. The van der Waals surface area contributed by atoms with Gasteiger partial charge in [-0.3, -0.25) is 0 Å². The highest BCUT2D eigenvalue weighted by Crippen LogP contribution is 2.12. The van der Waals surface area contributed by atoms with Crippen molar-refractivity contribution in [1.82, 2.24) is 5.32 Å². The van der Waals surface area contributed by atoms with Gasteiger partial charge in [0.2, 0.25) is 0 Å². The highest BCUT2D eigenvalue weighted by Gasteiger charge is 2.15. The third kappa shape index (κ3) is 2.86. The summed E-state index contributed by atoms with van der Waals surface area (Å²) in [5.74, 6) is 0.515. The molecule has 10 heavy (non-hydrogen) atoms. The molecule has 2 N–H and O–H groups in total. The summed E-state index contributed by atoms with van der Waals surface area (Å²) in [6, 6.07) is 0.660. The lowest BCUT2D eigenvalue weighted by Gasteiger charge is -2.25. The molecule has 0 aromatic carbocycles. The molecule has 0 saturated carbocycles. The Morgan fingerprint density at radius 1 is 1.50 bits per heavy atom. The summed E-state index contributed by atoms with van der Waals surface area (Å²) in [5.41, 5.74) is 0. The number of aliphatic hydroxyl groups excluding tert-OH is 1. The highest BCUT2D eigenvalue weighted by atomic mass is 35.5. The monoisotopic (exact) mass is 165 g/mol. The topological polar surface area (TPSA) is 32.3 Å². The Bertz CT molecular complexity index is 81.7. The summed E-state index contributed by atoms with van der Waals surface area (Å²) >= 11 is 0. The van der Waals surface area contributed by atoms with Crippen LogP contribution in [-0.2, 0) is 0 Å². The van der Waals surface area contributed by atoms with Crippen LogP contribution >= 0.6 is 12.4 Å². The molecule has 0 aliphatic carbocycles. The van der Waals surface area contributed by atoms with Crippen molar-refractivity contribution in [2.24, 2.45) is 5.92 Å². The first kappa shape index (κ1) is 10.2. The number of piperidine rings is 1. The maximum absolute atomic E-state index is 8.74.